The Morgan fingerprint density at radius 3 is 2.30 bits per heavy atom. The highest BCUT2D eigenvalue weighted by atomic mass is 32.2. The number of aliphatic carboxylic acids is 1. The number of hydrogen-bond donors (Lipinski definition) is 2. The summed E-state index contributed by atoms with van der Waals surface area (Å²) in [5, 5.41) is 20.1. The van der Waals surface area contributed by atoms with Crippen LogP contribution in [0.1, 0.15) is 30.1 Å². The summed E-state index contributed by atoms with van der Waals surface area (Å²) in [4.78, 5) is 22.5. The third-order valence-corrected chi connectivity index (χ3v) is 3.56. The number of amides is 1. The minimum absolute atomic E-state index is 0.0667. The number of benzene rings is 1. The summed E-state index contributed by atoms with van der Waals surface area (Å²) >= 11 is -0.299. The molecule has 5 nitrogen and oxygen atoms in total. The maximum Gasteiger partial charge on any atom is 0.446 e. The maximum absolute atomic E-state index is 12.2. The van der Waals surface area contributed by atoms with Gasteiger partial charge in [0.05, 0.1) is 6.07 Å². The topological polar surface area (TPSA) is 90.2 Å². The number of rotatable bonds is 6. The Morgan fingerprint density at radius 2 is 1.87 bits per heavy atom. The van der Waals surface area contributed by atoms with E-state index in [2.05, 4.69) is 5.32 Å². The van der Waals surface area contributed by atoms with Crippen molar-refractivity contribution < 1.29 is 27.9 Å². The van der Waals surface area contributed by atoms with Crippen LogP contribution in [0.25, 0.3) is 0 Å². The van der Waals surface area contributed by atoms with E-state index in [1.165, 1.54) is 19.1 Å². The van der Waals surface area contributed by atoms with Crippen LogP contribution in [0, 0.1) is 11.3 Å². The molecule has 0 aliphatic rings. The smallest absolute Gasteiger partial charge is 0.446 e. The van der Waals surface area contributed by atoms with E-state index in [1.807, 2.05) is 6.07 Å². The number of carboxylic acid groups (broad SMARTS) is 1. The van der Waals surface area contributed by atoms with Crippen molar-refractivity contribution in [3.8, 4) is 6.07 Å². The number of halogens is 3. The molecule has 1 unspecified atom stereocenters. The van der Waals surface area contributed by atoms with Gasteiger partial charge in [0.25, 0.3) is 5.91 Å². The second-order valence-electron chi connectivity index (χ2n) is 4.86. The minimum atomic E-state index is -4.42. The van der Waals surface area contributed by atoms with Gasteiger partial charge in [-0.1, -0.05) is 0 Å². The maximum atomic E-state index is 12.2. The Labute approximate surface area is 134 Å². The number of alkyl halides is 3. The van der Waals surface area contributed by atoms with Crippen molar-refractivity contribution in [1.29, 1.82) is 5.26 Å². The summed E-state index contributed by atoms with van der Waals surface area (Å²) in [6.07, 6.45) is -0.391. The first kappa shape index (κ1) is 18.8. The SMILES string of the molecule is CC(C#N)(CCC(=O)O)NC(=O)c1ccc(SC(F)(F)F)cc1. The largest absolute Gasteiger partial charge is 0.481 e. The van der Waals surface area contributed by atoms with Crippen molar-refractivity contribution in [2.75, 3.05) is 0 Å². The zero-order valence-electron chi connectivity index (χ0n) is 12.0. The molecule has 0 saturated heterocycles. The average Bonchev–Trinajstić information content (AvgIpc) is 2.44. The van der Waals surface area contributed by atoms with Crippen molar-refractivity contribution in [2.45, 2.75) is 35.7 Å². The zero-order valence-corrected chi connectivity index (χ0v) is 12.8. The van der Waals surface area contributed by atoms with E-state index in [0.29, 0.717) is 0 Å². The van der Waals surface area contributed by atoms with Gasteiger partial charge < -0.3 is 10.4 Å². The molecule has 0 heterocycles. The van der Waals surface area contributed by atoms with Gasteiger partial charge in [-0.05, 0) is 49.4 Å². The van der Waals surface area contributed by atoms with Gasteiger partial charge in [0.1, 0.15) is 5.54 Å². The van der Waals surface area contributed by atoms with Gasteiger partial charge in [-0.15, -0.1) is 0 Å². The molecule has 1 atom stereocenters. The van der Waals surface area contributed by atoms with Crippen LogP contribution in [0.15, 0.2) is 29.2 Å². The molecule has 0 aromatic heterocycles. The van der Waals surface area contributed by atoms with E-state index in [9.17, 15) is 22.8 Å². The summed E-state index contributed by atoms with van der Waals surface area (Å²) in [5.74, 6) is -1.77. The first-order valence-corrected chi connectivity index (χ1v) is 7.18. The van der Waals surface area contributed by atoms with Crippen LogP contribution in [0.2, 0.25) is 0 Å². The molecule has 0 bridgehead atoms. The molecule has 0 aliphatic heterocycles. The van der Waals surface area contributed by atoms with E-state index in [4.69, 9.17) is 10.4 Å². The van der Waals surface area contributed by atoms with Crippen molar-refractivity contribution in [3.63, 3.8) is 0 Å². The number of hydrogen-bond acceptors (Lipinski definition) is 4. The van der Waals surface area contributed by atoms with Crippen molar-refractivity contribution >= 4 is 23.6 Å². The lowest BCUT2D eigenvalue weighted by Crippen LogP contribution is -2.45. The fourth-order valence-electron chi connectivity index (χ4n) is 1.63. The molecule has 1 amide bonds. The number of carbonyl (C=O) groups is 2. The Balaban J connectivity index is 2.77. The lowest BCUT2D eigenvalue weighted by Gasteiger charge is -2.22. The third kappa shape index (κ3) is 6.61. The third-order valence-electron chi connectivity index (χ3n) is 2.83. The highest BCUT2D eigenvalue weighted by Crippen LogP contribution is 2.36. The van der Waals surface area contributed by atoms with E-state index >= 15 is 0 Å². The standard InChI is InChI=1S/C14H13F3N2O3S/c1-13(8-18,7-6-11(20)21)19-12(22)9-2-4-10(5-3-9)23-14(15,16)17/h2-5H,6-7H2,1H3,(H,19,22)(H,20,21). The second kappa shape index (κ2) is 7.37. The number of carboxylic acids is 1. The predicted molar refractivity (Wildman–Crippen MR) is 76.7 cm³/mol. The Morgan fingerprint density at radius 1 is 1.30 bits per heavy atom. The van der Waals surface area contributed by atoms with Crippen molar-refractivity contribution in [3.05, 3.63) is 29.8 Å². The van der Waals surface area contributed by atoms with Gasteiger partial charge in [-0.25, -0.2) is 0 Å². The minimum Gasteiger partial charge on any atom is -0.481 e. The molecular formula is C14H13F3N2O3S. The van der Waals surface area contributed by atoms with Crippen LogP contribution in [0.4, 0.5) is 13.2 Å². The molecule has 1 aromatic carbocycles. The van der Waals surface area contributed by atoms with E-state index < -0.39 is 22.9 Å². The fourth-order valence-corrected chi connectivity index (χ4v) is 2.17. The fraction of sp³-hybridized carbons (Fsp3) is 0.357. The molecule has 1 aromatic rings. The molecule has 1 rings (SSSR count). The molecule has 23 heavy (non-hydrogen) atoms. The van der Waals surface area contributed by atoms with Crippen LogP contribution in [0.5, 0.6) is 0 Å². The van der Waals surface area contributed by atoms with Crippen molar-refractivity contribution in [1.82, 2.24) is 5.32 Å². The molecule has 0 saturated carbocycles. The van der Waals surface area contributed by atoms with Crippen LogP contribution >= 0.6 is 11.8 Å². The number of nitrogens with zero attached hydrogens (tertiary/aromatic N) is 1. The molecule has 0 radical (unpaired) electrons. The molecular weight excluding hydrogens is 333 g/mol. The molecule has 9 heteroatoms. The van der Waals surface area contributed by atoms with Gasteiger partial charge in [0.15, 0.2) is 0 Å². The first-order valence-electron chi connectivity index (χ1n) is 6.36. The molecule has 124 valence electrons. The molecule has 0 aliphatic carbocycles. The van der Waals surface area contributed by atoms with Gasteiger partial charge >= 0.3 is 11.5 Å². The van der Waals surface area contributed by atoms with Crippen LogP contribution in [-0.4, -0.2) is 28.0 Å². The number of nitriles is 1. The number of nitrogens with one attached hydrogen (secondary N) is 1. The Kier molecular flexibility index (Phi) is 6.04. The van der Waals surface area contributed by atoms with Gasteiger partial charge in [0, 0.05) is 16.9 Å². The van der Waals surface area contributed by atoms with Gasteiger partial charge in [-0.3, -0.25) is 9.59 Å². The highest BCUT2D eigenvalue weighted by Gasteiger charge is 2.30. The first-order chi connectivity index (χ1) is 10.5. The zero-order chi connectivity index (χ0) is 17.7. The summed E-state index contributed by atoms with van der Waals surface area (Å²) in [7, 11) is 0. The Bertz CT molecular complexity index is 626. The summed E-state index contributed by atoms with van der Waals surface area (Å²) in [6, 6.07) is 6.54. The van der Waals surface area contributed by atoms with E-state index in [0.717, 1.165) is 12.1 Å². The molecule has 2 N–H and O–H groups in total. The monoisotopic (exact) mass is 346 g/mol. The average molecular weight is 346 g/mol. The van der Waals surface area contributed by atoms with E-state index in [1.54, 1.807) is 0 Å². The van der Waals surface area contributed by atoms with Crippen LogP contribution < -0.4 is 5.32 Å². The number of thioether (sulfide) groups is 1. The Hall–Kier alpha value is -2.21. The lowest BCUT2D eigenvalue weighted by molar-refractivity contribution is -0.137. The highest BCUT2D eigenvalue weighted by molar-refractivity contribution is 8.00. The van der Waals surface area contributed by atoms with Crippen LogP contribution in [0.3, 0.4) is 0 Å². The predicted octanol–water partition coefficient (Wildman–Crippen LogP) is 3.18. The lowest BCUT2D eigenvalue weighted by atomic mass is 9.97. The molecule has 0 spiro atoms. The van der Waals surface area contributed by atoms with Crippen molar-refractivity contribution in [2.24, 2.45) is 0 Å². The van der Waals surface area contributed by atoms with Gasteiger partial charge in [-0.2, -0.15) is 18.4 Å². The second-order valence-corrected chi connectivity index (χ2v) is 6.00. The number of carbonyl (C=O) groups excluding carboxylic acids is 1. The van der Waals surface area contributed by atoms with Crippen LogP contribution in [-0.2, 0) is 4.79 Å². The normalized spacial score (nSPS) is 13.7. The quantitative estimate of drug-likeness (QED) is 0.772. The summed E-state index contributed by atoms with van der Waals surface area (Å²) < 4.78 is 36.7. The van der Waals surface area contributed by atoms with Gasteiger partial charge in [0.2, 0.25) is 0 Å². The molecule has 0 fully saturated rings. The summed E-state index contributed by atoms with van der Waals surface area (Å²) in [5.41, 5.74) is -5.72. The summed E-state index contributed by atoms with van der Waals surface area (Å²) in [6.45, 7) is 1.38. The van der Waals surface area contributed by atoms with E-state index in [-0.39, 0.29) is 35.1 Å².